The fourth-order valence-corrected chi connectivity index (χ4v) is 3.60. The van der Waals surface area contributed by atoms with Crippen molar-refractivity contribution in [1.82, 2.24) is 10.6 Å². The number of rotatable bonds is 14. The number of para-hydroxylation sites is 1. The van der Waals surface area contributed by atoms with Crippen molar-refractivity contribution in [3.05, 3.63) is 75.8 Å². The first-order valence-electron chi connectivity index (χ1n) is 12.1. The Balaban J connectivity index is 2.24. The van der Waals surface area contributed by atoms with Gasteiger partial charge in [-0.2, -0.15) is 0 Å². The van der Waals surface area contributed by atoms with E-state index in [4.69, 9.17) is 4.74 Å². The van der Waals surface area contributed by atoms with E-state index >= 15 is 0 Å². The third kappa shape index (κ3) is 8.85. The highest BCUT2D eigenvalue weighted by molar-refractivity contribution is 5.89. The summed E-state index contributed by atoms with van der Waals surface area (Å²) in [4.78, 5) is 49.2. The number of aliphatic hydroxyl groups excluding tert-OH is 1. The van der Waals surface area contributed by atoms with Crippen LogP contribution < -0.4 is 10.6 Å². The molecule has 0 fully saturated rings. The maximum atomic E-state index is 13.3. The minimum Gasteiger partial charge on any atom is -0.465 e. The van der Waals surface area contributed by atoms with Gasteiger partial charge in [0.05, 0.1) is 36.2 Å². The van der Waals surface area contributed by atoms with Crippen LogP contribution in [0.2, 0.25) is 0 Å². The Labute approximate surface area is 216 Å². The van der Waals surface area contributed by atoms with Crippen LogP contribution in [0.15, 0.2) is 54.6 Å². The van der Waals surface area contributed by atoms with E-state index in [-0.39, 0.29) is 42.5 Å². The van der Waals surface area contributed by atoms with Crippen molar-refractivity contribution in [2.45, 2.75) is 52.3 Å². The average Bonchev–Trinajstić information content (AvgIpc) is 2.86. The maximum Gasteiger partial charge on any atom is 0.326 e. The van der Waals surface area contributed by atoms with Crippen molar-refractivity contribution in [3.63, 3.8) is 0 Å². The Hall–Kier alpha value is -3.47. The predicted molar refractivity (Wildman–Crippen MR) is 138 cm³/mol. The largest absolute Gasteiger partial charge is 0.465 e. The summed E-state index contributed by atoms with van der Waals surface area (Å²) >= 11 is 0. The molecule has 3 atom stereocenters. The minimum atomic E-state index is -1.64. The van der Waals surface area contributed by atoms with E-state index in [0.29, 0.717) is 6.42 Å². The van der Waals surface area contributed by atoms with Gasteiger partial charge in [0.25, 0.3) is 5.69 Å². The number of esters is 1. The quantitative estimate of drug-likeness (QED) is 0.197. The van der Waals surface area contributed by atoms with Crippen molar-refractivity contribution >= 4 is 23.2 Å². The van der Waals surface area contributed by atoms with Crippen LogP contribution in [0, 0.1) is 15.5 Å². The molecule has 0 bridgehead atoms. The number of benzene rings is 2. The second-order valence-electron chi connectivity index (χ2n) is 9.63. The van der Waals surface area contributed by atoms with Gasteiger partial charge in [-0.3, -0.25) is 29.8 Å². The lowest BCUT2D eigenvalue weighted by molar-refractivity contribution is -0.386. The van der Waals surface area contributed by atoms with Gasteiger partial charge in [0.2, 0.25) is 0 Å². The SMILES string of the molecule is CCOC(=O)C(NCC(=O)C(Cc1ccccc1)NCC(=O)C(C)(C)C)C(O)c1ccccc1[N+](=O)[O-]. The number of nitro benzene ring substituents is 1. The molecule has 0 aliphatic carbocycles. The molecule has 2 rings (SSSR count). The van der Waals surface area contributed by atoms with Gasteiger partial charge in [-0.1, -0.05) is 63.2 Å². The molecule has 0 heterocycles. The molecular formula is C27H35N3O7. The molecule has 0 amide bonds. The summed E-state index contributed by atoms with van der Waals surface area (Å²) in [6.07, 6.45) is -1.34. The fourth-order valence-electron chi connectivity index (χ4n) is 3.60. The molecule has 3 N–H and O–H groups in total. The molecule has 37 heavy (non-hydrogen) atoms. The van der Waals surface area contributed by atoms with E-state index in [0.717, 1.165) is 5.56 Å². The summed E-state index contributed by atoms with van der Waals surface area (Å²) in [6.45, 7) is 6.61. The monoisotopic (exact) mass is 513 g/mol. The number of carbonyl (C=O) groups excluding carboxylic acids is 3. The summed E-state index contributed by atoms with van der Waals surface area (Å²) in [7, 11) is 0. The van der Waals surface area contributed by atoms with Gasteiger partial charge in [0.1, 0.15) is 12.1 Å². The number of Topliss-reactive ketones (excluding diaryl/α,β-unsaturated/α-hetero) is 2. The predicted octanol–water partition coefficient (Wildman–Crippen LogP) is 2.53. The first-order valence-corrected chi connectivity index (χ1v) is 12.1. The molecule has 0 aliphatic heterocycles. The van der Waals surface area contributed by atoms with Crippen LogP contribution in [0.25, 0.3) is 0 Å². The van der Waals surface area contributed by atoms with Crippen LogP contribution in [-0.2, 0) is 25.5 Å². The average molecular weight is 514 g/mol. The Kier molecular flexibility index (Phi) is 11.0. The molecule has 0 radical (unpaired) electrons. The first-order chi connectivity index (χ1) is 17.5. The zero-order valence-corrected chi connectivity index (χ0v) is 21.6. The zero-order chi connectivity index (χ0) is 27.6. The summed E-state index contributed by atoms with van der Waals surface area (Å²) in [6, 6.07) is 12.6. The van der Waals surface area contributed by atoms with Gasteiger partial charge in [0.15, 0.2) is 11.6 Å². The normalized spacial score (nSPS) is 13.9. The molecule has 200 valence electrons. The van der Waals surface area contributed by atoms with E-state index in [1.807, 2.05) is 30.3 Å². The van der Waals surface area contributed by atoms with Crippen molar-refractivity contribution < 1.29 is 29.2 Å². The number of ether oxygens (including phenoxy) is 1. The van der Waals surface area contributed by atoms with Crippen LogP contribution in [0.1, 0.15) is 44.9 Å². The second-order valence-corrected chi connectivity index (χ2v) is 9.63. The highest BCUT2D eigenvalue weighted by atomic mass is 16.6. The van der Waals surface area contributed by atoms with Gasteiger partial charge in [0, 0.05) is 11.5 Å². The molecule has 0 saturated carbocycles. The van der Waals surface area contributed by atoms with Crippen LogP contribution >= 0.6 is 0 Å². The van der Waals surface area contributed by atoms with E-state index in [2.05, 4.69) is 10.6 Å². The van der Waals surface area contributed by atoms with E-state index in [9.17, 15) is 29.6 Å². The van der Waals surface area contributed by atoms with Gasteiger partial charge in [-0.25, -0.2) is 0 Å². The Morgan fingerprint density at radius 3 is 2.22 bits per heavy atom. The van der Waals surface area contributed by atoms with Gasteiger partial charge >= 0.3 is 5.97 Å². The van der Waals surface area contributed by atoms with Gasteiger partial charge < -0.3 is 15.2 Å². The maximum absolute atomic E-state index is 13.3. The number of hydrogen-bond donors (Lipinski definition) is 3. The smallest absolute Gasteiger partial charge is 0.326 e. The van der Waals surface area contributed by atoms with Crippen molar-refractivity contribution in [2.24, 2.45) is 5.41 Å². The summed E-state index contributed by atoms with van der Waals surface area (Å²) in [5, 5.41) is 28.1. The molecule has 0 aromatic heterocycles. The lowest BCUT2D eigenvalue weighted by Crippen LogP contribution is -2.50. The highest BCUT2D eigenvalue weighted by Gasteiger charge is 2.34. The number of nitro groups is 1. The van der Waals surface area contributed by atoms with Crippen molar-refractivity contribution in [1.29, 1.82) is 0 Å². The third-order valence-corrected chi connectivity index (χ3v) is 5.82. The lowest BCUT2D eigenvalue weighted by atomic mass is 9.90. The summed E-state index contributed by atoms with van der Waals surface area (Å²) in [5.41, 5.74) is -0.157. The van der Waals surface area contributed by atoms with E-state index in [1.54, 1.807) is 27.7 Å². The van der Waals surface area contributed by atoms with Crippen molar-refractivity contribution in [3.8, 4) is 0 Å². The Morgan fingerprint density at radius 2 is 1.62 bits per heavy atom. The summed E-state index contributed by atoms with van der Waals surface area (Å²) in [5.74, 6) is -1.27. The number of hydrogen-bond acceptors (Lipinski definition) is 9. The van der Waals surface area contributed by atoms with Crippen LogP contribution in [-0.4, -0.2) is 59.3 Å². The topological polar surface area (TPSA) is 148 Å². The molecule has 2 aromatic rings. The molecule has 3 unspecified atom stereocenters. The number of ketones is 2. The molecule has 2 aromatic carbocycles. The molecular weight excluding hydrogens is 478 g/mol. The summed E-state index contributed by atoms with van der Waals surface area (Å²) < 4.78 is 5.05. The first kappa shape index (κ1) is 29.8. The van der Waals surface area contributed by atoms with E-state index < -0.39 is 34.5 Å². The standard InChI is InChI=1S/C27H35N3O7/c1-5-37-26(34)24(25(33)19-13-9-10-14-21(19)30(35)36)29-16-22(31)20(15-18-11-7-6-8-12-18)28-17-23(32)27(2,3)4/h6-14,20,24-25,28-29,33H,5,15-17H2,1-4H3. The van der Waals surface area contributed by atoms with Crippen LogP contribution in [0.4, 0.5) is 5.69 Å². The minimum absolute atomic E-state index is 0.0155. The fraction of sp³-hybridized carbons (Fsp3) is 0.444. The van der Waals surface area contributed by atoms with Crippen LogP contribution in [0.3, 0.4) is 0 Å². The molecule has 10 heteroatoms. The molecule has 0 spiro atoms. The van der Waals surface area contributed by atoms with Gasteiger partial charge in [-0.15, -0.1) is 0 Å². The zero-order valence-electron chi connectivity index (χ0n) is 21.6. The third-order valence-electron chi connectivity index (χ3n) is 5.82. The van der Waals surface area contributed by atoms with E-state index in [1.165, 1.54) is 24.3 Å². The molecule has 0 aliphatic rings. The Morgan fingerprint density at radius 1 is 1.00 bits per heavy atom. The number of nitrogens with zero attached hydrogens (tertiary/aromatic N) is 1. The lowest BCUT2D eigenvalue weighted by Gasteiger charge is -2.25. The second kappa shape index (κ2) is 13.7. The van der Waals surface area contributed by atoms with Crippen molar-refractivity contribution in [2.75, 3.05) is 19.7 Å². The number of nitrogens with one attached hydrogen (secondary N) is 2. The molecule has 0 saturated heterocycles. The molecule has 10 nitrogen and oxygen atoms in total. The highest BCUT2D eigenvalue weighted by Crippen LogP contribution is 2.27. The number of aliphatic hydroxyl groups is 1. The number of carbonyl (C=O) groups is 3. The Bertz CT molecular complexity index is 1080. The van der Waals surface area contributed by atoms with Gasteiger partial charge in [-0.05, 0) is 25.0 Å². The van der Waals surface area contributed by atoms with Crippen LogP contribution in [0.5, 0.6) is 0 Å².